The van der Waals surface area contributed by atoms with Crippen LogP contribution in [0.2, 0.25) is 0 Å². The third-order valence-corrected chi connectivity index (χ3v) is 5.86. The number of nitrogen functional groups attached to an aromatic ring is 2. The summed E-state index contributed by atoms with van der Waals surface area (Å²) in [5.41, 5.74) is 29.4. The second-order valence-corrected chi connectivity index (χ2v) is 7.93. The van der Waals surface area contributed by atoms with E-state index in [2.05, 4.69) is 10.3 Å². The first-order valence-electron chi connectivity index (χ1n) is 9.33. The third kappa shape index (κ3) is 4.33. The van der Waals surface area contributed by atoms with Gasteiger partial charge in [-0.05, 0) is 17.7 Å². The number of methoxy groups -OCH3 is 1. The minimum absolute atomic E-state index is 0.0240. The fraction of sp³-hybridized carbons (Fsp3) is 0.150. The number of carbonyl (C=O) groups is 3. The highest BCUT2D eigenvalue weighted by molar-refractivity contribution is 7.21. The average Bonchev–Trinajstić information content (AvgIpc) is 3.08. The second-order valence-electron chi connectivity index (χ2n) is 6.93. The van der Waals surface area contributed by atoms with Crippen LogP contribution in [0.4, 0.5) is 17.2 Å². The van der Waals surface area contributed by atoms with Crippen molar-refractivity contribution in [1.29, 1.82) is 5.26 Å². The molecule has 0 bridgehead atoms. The van der Waals surface area contributed by atoms with Crippen LogP contribution in [0, 0.1) is 11.3 Å². The van der Waals surface area contributed by atoms with E-state index in [4.69, 9.17) is 33.4 Å². The third-order valence-electron chi connectivity index (χ3n) is 4.74. The number of thiophene rings is 1. The lowest BCUT2D eigenvalue weighted by Crippen LogP contribution is -2.39. The molecule has 0 aliphatic carbocycles. The van der Waals surface area contributed by atoms with Gasteiger partial charge in [-0.1, -0.05) is 6.07 Å². The predicted molar refractivity (Wildman–Crippen MR) is 124 cm³/mol. The molecule has 0 saturated carbocycles. The number of nitrogens with one attached hydrogen (secondary N) is 1. The van der Waals surface area contributed by atoms with Crippen LogP contribution >= 0.6 is 11.3 Å². The zero-order valence-electron chi connectivity index (χ0n) is 17.3. The number of nitriles is 1. The Balaban J connectivity index is 2.23. The molecule has 11 N–H and O–H groups in total. The summed E-state index contributed by atoms with van der Waals surface area (Å²) in [6.45, 7) is 0. The molecule has 3 amide bonds. The standard InChI is InChI=1S/C20H20N8O4S/c1-32-11-3-2-7(4-10(11)27-19(31)9(22)5-12(23)29)13-8(6-21)17(25)28-20-14(13)15(24)16(33-20)18(26)30/h2-4,9H,5,22,24H2,1H3,(H2,23,29)(H2,25,28)(H2,26,30)(H,27,31). The first-order valence-corrected chi connectivity index (χ1v) is 10.1. The lowest BCUT2D eigenvalue weighted by Gasteiger charge is -2.16. The highest BCUT2D eigenvalue weighted by Gasteiger charge is 2.24. The number of rotatable bonds is 7. The summed E-state index contributed by atoms with van der Waals surface area (Å²) in [6.07, 6.45) is -0.352. The number of hydrogen-bond donors (Lipinski definition) is 6. The van der Waals surface area contributed by atoms with E-state index >= 15 is 0 Å². The lowest BCUT2D eigenvalue weighted by atomic mass is 9.96. The van der Waals surface area contributed by atoms with Crippen LogP contribution in [0.3, 0.4) is 0 Å². The van der Waals surface area contributed by atoms with Gasteiger partial charge < -0.3 is 38.7 Å². The summed E-state index contributed by atoms with van der Waals surface area (Å²) in [6, 6.07) is 5.51. The maximum absolute atomic E-state index is 12.4. The fourth-order valence-electron chi connectivity index (χ4n) is 3.25. The van der Waals surface area contributed by atoms with Gasteiger partial charge in [0, 0.05) is 10.9 Å². The Kier molecular flexibility index (Phi) is 6.33. The van der Waals surface area contributed by atoms with Crippen molar-refractivity contribution in [2.45, 2.75) is 12.5 Å². The number of amides is 3. The maximum atomic E-state index is 12.4. The molecule has 170 valence electrons. The Morgan fingerprint density at radius 2 is 1.97 bits per heavy atom. The Morgan fingerprint density at radius 1 is 1.27 bits per heavy atom. The van der Waals surface area contributed by atoms with E-state index in [1.807, 2.05) is 6.07 Å². The topological polar surface area (TPSA) is 239 Å². The van der Waals surface area contributed by atoms with E-state index < -0.39 is 23.8 Å². The monoisotopic (exact) mass is 468 g/mol. The largest absolute Gasteiger partial charge is 0.495 e. The normalized spacial score (nSPS) is 11.5. The molecular weight excluding hydrogens is 448 g/mol. The number of ether oxygens (including phenoxy) is 1. The molecule has 33 heavy (non-hydrogen) atoms. The molecule has 0 saturated heterocycles. The van der Waals surface area contributed by atoms with Crippen LogP contribution < -0.4 is 38.7 Å². The number of anilines is 3. The quantitative estimate of drug-likeness (QED) is 0.278. The van der Waals surface area contributed by atoms with Gasteiger partial charge >= 0.3 is 0 Å². The SMILES string of the molecule is COc1ccc(-c2c(C#N)c(N)nc3sc(C(N)=O)c(N)c23)cc1NC(=O)C(N)CC(N)=O. The van der Waals surface area contributed by atoms with Gasteiger partial charge in [0.1, 0.15) is 32.9 Å². The second kappa shape index (κ2) is 8.99. The summed E-state index contributed by atoms with van der Waals surface area (Å²) in [4.78, 5) is 39.9. The molecule has 0 fully saturated rings. The zero-order valence-corrected chi connectivity index (χ0v) is 18.2. The van der Waals surface area contributed by atoms with Crippen molar-refractivity contribution in [3.8, 4) is 22.9 Å². The zero-order chi connectivity index (χ0) is 24.4. The van der Waals surface area contributed by atoms with Crippen molar-refractivity contribution in [1.82, 2.24) is 4.98 Å². The number of carbonyl (C=O) groups excluding carboxylic acids is 3. The van der Waals surface area contributed by atoms with Gasteiger partial charge in [-0.25, -0.2) is 4.98 Å². The number of fused-ring (bicyclic) bond motifs is 1. The lowest BCUT2D eigenvalue weighted by molar-refractivity contribution is -0.123. The molecule has 2 heterocycles. The molecule has 0 spiro atoms. The van der Waals surface area contributed by atoms with Gasteiger partial charge in [-0.2, -0.15) is 5.26 Å². The van der Waals surface area contributed by atoms with Crippen molar-refractivity contribution in [2.75, 3.05) is 23.9 Å². The number of pyridine rings is 1. The highest BCUT2D eigenvalue weighted by atomic mass is 32.1. The van der Waals surface area contributed by atoms with Crippen LogP contribution in [-0.4, -0.2) is 35.9 Å². The van der Waals surface area contributed by atoms with E-state index in [0.29, 0.717) is 21.3 Å². The van der Waals surface area contributed by atoms with Crippen molar-refractivity contribution in [3.63, 3.8) is 0 Å². The summed E-state index contributed by atoms with van der Waals surface area (Å²) in [5, 5.41) is 12.7. The van der Waals surface area contributed by atoms with Crippen LogP contribution in [0.1, 0.15) is 21.7 Å². The summed E-state index contributed by atoms with van der Waals surface area (Å²) < 4.78 is 5.29. The first kappa shape index (κ1) is 23.3. The predicted octanol–water partition coefficient (Wildman–Crippen LogP) is 0.248. The van der Waals surface area contributed by atoms with E-state index in [1.54, 1.807) is 12.1 Å². The summed E-state index contributed by atoms with van der Waals surface area (Å²) in [5.74, 6) is -1.93. The molecule has 1 atom stereocenters. The van der Waals surface area contributed by atoms with E-state index in [1.165, 1.54) is 13.2 Å². The summed E-state index contributed by atoms with van der Waals surface area (Å²) in [7, 11) is 1.40. The van der Waals surface area contributed by atoms with Crippen LogP contribution in [-0.2, 0) is 9.59 Å². The van der Waals surface area contributed by atoms with Gasteiger partial charge in [0.05, 0.1) is 30.9 Å². The van der Waals surface area contributed by atoms with Gasteiger partial charge in [0.2, 0.25) is 11.8 Å². The van der Waals surface area contributed by atoms with Crippen molar-refractivity contribution < 1.29 is 19.1 Å². The minimum atomic E-state index is -1.18. The van der Waals surface area contributed by atoms with Gasteiger partial charge in [0.15, 0.2) is 0 Å². The van der Waals surface area contributed by atoms with Gasteiger partial charge in [0.25, 0.3) is 5.91 Å². The number of hydrogen-bond acceptors (Lipinski definition) is 10. The Morgan fingerprint density at radius 3 is 2.55 bits per heavy atom. The van der Waals surface area contributed by atoms with Gasteiger partial charge in [-0.15, -0.1) is 11.3 Å². The molecule has 0 aliphatic rings. The van der Waals surface area contributed by atoms with Crippen molar-refractivity contribution in [2.24, 2.45) is 17.2 Å². The van der Waals surface area contributed by atoms with E-state index in [-0.39, 0.29) is 39.8 Å². The molecule has 3 aromatic rings. The fourth-order valence-corrected chi connectivity index (χ4v) is 4.22. The molecular formula is C20H20N8O4S. The number of benzene rings is 1. The average molecular weight is 468 g/mol. The Hall–Kier alpha value is -4.41. The van der Waals surface area contributed by atoms with Crippen molar-refractivity contribution in [3.05, 3.63) is 28.6 Å². The Bertz CT molecular complexity index is 1340. The number of aromatic nitrogens is 1. The number of nitrogens with zero attached hydrogens (tertiary/aromatic N) is 2. The van der Waals surface area contributed by atoms with E-state index in [9.17, 15) is 19.6 Å². The maximum Gasteiger partial charge on any atom is 0.260 e. The molecule has 2 aromatic heterocycles. The Labute approximate surface area is 191 Å². The van der Waals surface area contributed by atoms with Crippen LogP contribution in [0.15, 0.2) is 18.2 Å². The molecule has 13 heteroatoms. The van der Waals surface area contributed by atoms with Crippen molar-refractivity contribution >= 4 is 56.5 Å². The first-order chi connectivity index (χ1) is 15.6. The van der Waals surface area contributed by atoms with Crippen LogP contribution in [0.25, 0.3) is 21.3 Å². The molecule has 0 radical (unpaired) electrons. The number of primary amides is 2. The smallest absolute Gasteiger partial charge is 0.260 e. The van der Waals surface area contributed by atoms with Gasteiger partial charge in [-0.3, -0.25) is 14.4 Å². The minimum Gasteiger partial charge on any atom is -0.495 e. The highest BCUT2D eigenvalue weighted by Crippen LogP contribution is 2.43. The summed E-state index contributed by atoms with van der Waals surface area (Å²) >= 11 is 0.951. The molecule has 3 rings (SSSR count). The molecule has 12 nitrogen and oxygen atoms in total. The van der Waals surface area contributed by atoms with E-state index in [0.717, 1.165) is 11.3 Å². The molecule has 1 aromatic carbocycles. The molecule has 1 unspecified atom stereocenters. The van der Waals surface area contributed by atoms with Crippen LogP contribution in [0.5, 0.6) is 5.75 Å². The number of nitrogens with two attached hydrogens (primary N) is 5. The molecule has 0 aliphatic heterocycles.